The maximum atomic E-state index is 4.33. The molecule has 1 aromatic heterocycles. The van der Waals surface area contributed by atoms with E-state index in [4.69, 9.17) is 0 Å². The van der Waals surface area contributed by atoms with Gasteiger partial charge in [0.15, 0.2) is 0 Å². The molecule has 1 saturated heterocycles. The third kappa shape index (κ3) is 1.98. The molecule has 1 aliphatic heterocycles. The van der Waals surface area contributed by atoms with Crippen LogP contribution in [0.5, 0.6) is 0 Å². The molecular weight excluding hydrogens is 200 g/mol. The van der Waals surface area contributed by atoms with E-state index in [9.17, 15) is 0 Å². The standard InChI is InChI=1S/C12H20N4/c1-9-14-15-12(16(9)11-3-4-11)5-2-10-6-7-13-8-10/h10-11,13H,2-8H2,1H3. The molecule has 2 fully saturated rings. The van der Waals surface area contributed by atoms with Gasteiger partial charge < -0.3 is 9.88 Å². The Morgan fingerprint density at radius 1 is 1.31 bits per heavy atom. The third-order valence-corrected chi connectivity index (χ3v) is 3.79. The molecule has 1 unspecified atom stereocenters. The molecule has 88 valence electrons. The van der Waals surface area contributed by atoms with Crippen molar-refractivity contribution in [1.29, 1.82) is 0 Å². The Morgan fingerprint density at radius 3 is 2.88 bits per heavy atom. The summed E-state index contributed by atoms with van der Waals surface area (Å²) in [6.45, 7) is 4.46. The summed E-state index contributed by atoms with van der Waals surface area (Å²) in [5.41, 5.74) is 0. The SMILES string of the molecule is Cc1nnc(CCC2CCNC2)n1C1CC1. The minimum Gasteiger partial charge on any atom is -0.316 e. The van der Waals surface area contributed by atoms with Crippen LogP contribution in [0.2, 0.25) is 0 Å². The maximum absolute atomic E-state index is 4.33. The number of aryl methyl sites for hydroxylation is 2. The number of hydrogen-bond donors (Lipinski definition) is 1. The second-order valence-corrected chi connectivity index (χ2v) is 5.16. The third-order valence-electron chi connectivity index (χ3n) is 3.79. The predicted octanol–water partition coefficient (Wildman–Crippen LogP) is 1.46. The monoisotopic (exact) mass is 220 g/mol. The van der Waals surface area contributed by atoms with Crippen molar-refractivity contribution in [2.24, 2.45) is 5.92 Å². The van der Waals surface area contributed by atoms with Crippen LogP contribution in [0.3, 0.4) is 0 Å². The van der Waals surface area contributed by atoms with Crippen LogP contribution in [0.4, 0.5) is 0 Å². The van der Waals surface area contributed by atoms with Gasteiger partial charge in [-0.1, -0.05) is 0 Å². The van der Waals surface area contributed by atoms with Crippen molar-refractivity contribution < 1.29 is 0 Å². The van der Waals surface area contributed by atoms with Gasteiger partial charge in [-0.2, -0.15) is 0 Å². The van der Waals surface area contributed by atoms with Crippen molar-refractivity contribution >= 4 is 0 Å². The van der Waals surface area contributed by atoms with Crippen molar-refractivity contribution in [3.8, 4) is 0 Å². The van der Waals surface area contributed by atoms with Gasteiger partial charge in [-0.15, -0.1) is 10.2 Å². The number of rotatable bonds is 4. The summed E-state index contributed by atoms with van der Waals surface area (Å²) in [5, 5.41) is 12.0. The highest BCUT2D eigenvalue weighted by Gasteiger charge is 2.28. The van der Waals surface area contributed by atoms with Crippen molar-refractivity contribution in [1.82, 2.24) is 20.1 Å². The molecule has 2 aliphatic rings. The lowest BCUT2D eigenvalue weighted by Gasteiger charge is -2.09. The quantitative estimate of drug-likeness (QED) is 0.835. The second kappa shape index (κ2) is 4.17. The molecular formula is C12H20N4. The van der Waals surface area contributed by atoms with Gasteiger partial charge in [0.05, 0.1) is 0 Å². The molecule has 1 aromatic rings. The normalized spacial score (nSPS) is 25.2. The lowest BCUT2D eigenvalue weighted by Crippen LogP contribution is -2.11. The van der Waals surface area contributed by atoms with Gasteiger partial charge in [0.1, 0.15) is 11.6 Å². The highest BCUT2D eigenvalue weighted by Crippen LogP contribution is 2.36. The molecule has 0 aromatic carbocycles. The van der Waals surface area contributed by atoms with E-state index in [0.717, 1.165) is 18.2 Å². The molecule has 0 amide bonds. The summed E-state index contributed by atoms with van der Waals surface area (Å²) >= 11 is 0. The van der Waals surface area contributed by atoms with E-state index in [1.165, 1.54) is 44.6 Å². The Morgan fingerprint density at radius 2 is 2.19 bits per heavy atom. The average Bonchev–Trinajstić information content (AvgIpc) is 2.85. The minimum atomic E-state index is 0.715. The Labute approximate surface area is 96.4 Å². The summed E-state index contributed by atoms with van der Waals surface area (Å²) in [6.07, 6.45) is 6.33. The van der Waals surface area contributed by atoms with E-state index >= 15 is 0 Å². The molecule has 3 rings (SSSR count). The Hall–Kier alpha value is -0.900. The molecule has 16 heavy (non-hydrogen) atoms. The number of nitrogens with zero attached hydrogens (tertiary/aromatic N) is 3. The fraction of sp³-hybridized carbons (Fsp3) is 0.833. The lowest BCUT2D eigenvalue weighted by molar-refractivity contribution is 0.512. The molecule has 1 aliphatic carbocycles. The first kappa shape index (κ1) is 10.3. The van der Waals surface area contributed by atoms with Gasteiger partial charge in [-0.3, -0.25) is 0 Å². The number of aromatic nitrogens is 3. The Bertz CT molecular complexity index is 361. The molecule has 0 radical (unpaired) electrons. The molecule has 4 nitrogen and oxygen atoms in total. The number of nitrogens with one attached hydrogen (secondary N) is 1. The van der Waals surface area contributed by atoms with Crippen molar-refractivity contribution in [3.05, 3.63) is 11.6 Å². The van der Waals surface area contributed by atoms with Gasteiger partial charge in [0, 0.05) is 12.5 Å². The highest BCUT2D eigenvalue weighted by molar-refractivity contribution is 5.01. The van der Waals surface area contributed by atoms with Gasteiger partial charge in [-0.25, -0.2) is 0 Å². The average molecular weight is 220 g/mol. The lowest BCUT2D eigenvalue weighted by atomic mass is 10.0. The first-order valence-electron chi connectivity index (χ1n) is 6.45. The zero-order valence-corrected chi connectivity index (χ0v) is 9.95. The Balaban J connectivity index is 1.64. The van der Waals surface area contributed by atoms with Crippen LogP contribution in [-0.4, -0.2) is 27.9 Å². The van der Waals surface area contributed by atoms with Crippen LogP contribution in [0.25, 0.3) is 0 Å². The largest absolute Gasteiger partial charge is 0.316 e. The molecule has 1 N–H and O–H groups in total. The highest BCUT2D eigenvalue weighted by atomic mass is 15.3. The maximum Gasteiger partial charge on any atom is 0.133 e. The summed E-state index contributed by atoms with van der Waals surface area (Å²) in [4.78, 5) is 0. The summed E-state index contributed by atoms with van der Waals surface area (Å²) in [6, 6.07) is 0.715. The molecule has 2 heterocycles. The molecule has 0 bridgehead atoms. The van der Waals surface area contributed by atoms with Gasteiger partial charge >= 0.3 is 0 Å². The van der Waals surface area contributed by atoms with E-state index in [2.05, 4.69) is 27.0 Å². The molecule has 0 spiro atoms. The van der Waals surface area contributed by atoms with Crippen molar-refractivity contribution in [3.63, 3.8) is 0 Å². The summed E-state index contributed by atoms with van der Waals surface area (Å²) in [7, 11) is 0. The van der Waals surface area contributed by atoms with E-state index < -0.39 is 0 Å². The van der Waals surface area contributed by atoms with Crippen LogP contribution >= 0.6 is 0 Å². The summed E-state index contributed by atoms with van der Waals surface area (Å²) < 4.78 is 2.36. The number of hydrogen-bond acceptors (Lipinski definition) is 3. The van der Waals surface area contributed by atoms with Crippen molar-refractivity contribution in [2.45, 2.75) is 45.1 Å². The Kier molecular flexibility index (Phi) is 2.67. The van der Waals surface area contributed by atoms with E-state index in [-0.39, 0.29) is 0 Å². The van der Waals surface area contributed by atoms with Crippen LogP contribution < -0.4 is 5.32 Å². The van der Waals surface area contributed by atoms with E-state index in [1.54, 1.807) is 0 Å². The second-order valence-electron chi connectivity index (χ2n) is 5.16. The predicted molar refractivity (Wildman–Crippen MR) is 62.3 cm³/mol. The minimum absolute atomic E-state index is 0.715. The first-order chi connectivity index (χ1) is 7.84. The first-order valence-corrected chi connectivity index (χ1v) is 6.45. The zero-order chi connectivity index (χ0) is 11.0. The topological polar surface area (TPSA) is 42.7 Å². The fourth-order valence-corrected chi connectivity index (χ4v) is 2.69. The van der Waals surface area contributed by atoms with Crippen LogP contribution in [0.1, 0.15) is 43.4 Å². The smallest absolute Gasteiger partial charge is 0.133 e. The van der Waals surface area contributed by atoms with E-state index in [1.807, 2.05) is 0 Å². The molecule has 4 heteroatoms. The van der Waals surface area contributed by atoms with Crippen molar-refractivity contribution in [2.75, 3.05) is 13.1 Å². The van der Waals surface area contributed by atoms with Gasteiger partial charge in [-0.05, 0) is 51.6 Å². The summed E-state index contributed by atoms with van der Waals surface area (Å²) in [5.74, 6) is 3.17. The van der Waals surface area contributed by atoms with Crippen LogP contribution in [-0.2, 0) is 6.42 Å². The zero-order valence-electron chi connectivity index (χ0n) is 9.95. The molecule has 1 saturated carbocycles. The van der Waals surface area contributed by atoms with Crippen LogP contribution in [0, 0.1) is 12.8 Å². The van der Waals surface area contributed by atoms with Crippen LogP contribution in [0.15, 0.2) is 0 Å². The van der Waals surface area contributed by atoms with Gasteiger partial charge in [0.2, 0.25) is 0 Å². The van der Waals surface area contributed by atoms with E-state index in [0.29, 0.717) is 6.04 Å². The van der Waals surface area contributed by atoms with Gasteiger partial charge in [0.25, 0.3) is 0 Å². The fourth-order valence-electron chi connectivity index (χ4n) is 2.69. The molecule has 1 atom stereocenters.